The maximum absolute atomic E-state index is 11.5. The molecule has 4 heteroatoms. The molecule has 0 radical (unpaired) electrons. The quantitative estimate of drug-likeness (QED) is 0.752. The van der Waals surface area contributed by atoms with Gasteiger partial charge in [0.25, 0.3) is 0 Å². The van der Waals surface area contributed by atoms with E-state index in [0.717, 1.165) is 11.3 Å². The number of pyridine rings is 1. The number of rotatable bonds is 5. The lowest BCUT2D eigenvalue weighted by Crippen LogP contribution is -2.00. The number of aromatic nitrogens is 1. The van der Waals surface area contributed by atoms with Gasteiger partial charge in [0, 0.05) is 10.9 Å². The number of aromatic carboxylic acids is 1. The summed E-state index contributed by atoms with van der Waals surface area (Å²) in [6, 6.07) is 16.5. The molecule has 3 aromatic rings. The van der Waals surface area contributed by atoms with Crippen LogP contribution in [0.1, 0.15) is 28.5 Å². The maximum Gasteiger partial charge on any atom is 0.336 e. The lowest BCUT2D eigenvalue weighted by molar-refractivity contribution is 0.0699. The number of hydrogen-bond donors (Lipinski definition) is 1. The van der Waals surface area contributed by atoms with Crippen LogP contribution < -0.4 is 4.74 Å². The highest BCUT2D eigenvalue weighted by Gasteiger charge is 2.10. The summed E-state index contributed by atoms with van der Waals surface area (Å²) in [4.78, 5) is 16.0. The van der Waals surface area contributed by atoms with E-state index in [1.807, 2.05) is 55.5 Å². The summed E-state index contributed by atoms with van der Waals surface area (Å²) >= 11 is 0. The Kier molecular flexibility index (Phi) is 4.57. The van der Waals surface area contributed by atoms with Crippen molar-refractivity contribution in [2.45, 2.75) is 6.92 Å². The minimum atomic E-state index is -0.960. The molecule has 1 aromatic heterocycles. The van der Waals surface area contributed by atoms with Crippen LogP contribution in [0.3, 0.4) is 0 Å². The zero-order chi connectivity index (χ0) is 16.9. The molecule has 120 valence electrons. The normalized spacial score (nSPS) is 11.0. The van der Waals surface area contributed by atoms with Gasteiger partial charge in [-0.05, 0) is 37.3 Å². The molecule has 0 aliphatic heterocycles. The van der Waals surface area contributed by atoms with E-state index >= 15 is 0 Å². The molecule has 4 nitrogen and oxygen atoms in total. The number of fused-ring (bicyclic) bond motifs is 1. The smallest absolute Gasteiger partial charge is 0.336 e. The first-order valence-electron chi connectivity index (χ1n) is 7.72. The average molecular weight is 319 g/mol. The van der Waals surface area contributed by atoms with E-state index in [2.05, 4.69) is 4.98 Å². The SMILES string of the molecule is CCOc1ccccc1C=Cc1cc(C(=O)O)c2ccccc2n1. The summed E-state index contributed by atoms with van der Waals surface area (Å²) in [5.74, 6) is -0.173. The van der Waals surface area contributed by atoms with E-state index in [1.54, 1.807) is 18.2 Å². The van der Waals surface area contributed by atoms with E-state index in [1.165, 1.54) is 0 Å². The fraction of sp³-hybridized carbons (Fsp3) is 0.100. The Bertz CT molecular complexity index is 916. The molecule has 0 amide bonds. The van der Waals surface area contributed by atoms with Gasteiger partial charge < -0.3 is 9.84 Å². The maximum atomic E-state index is 11.5. The third kappa shape index (κ3) is 3.27. The van der Waals surface area contributed by atoms with Gasteiger partial charge in [0.15, 0.2) is 0 Å². The van der Waals surface area contributed by atoms with Crippen molar-refractivity contribution < 1.29 is 14.6 Å². The number of benzene rings is 2. The van der Waals surface area contributed by atoms with Crippen LogP contribution in [0.25, 0.3) is 23.1 Å². The van der Waals surface area contributed by atoms with E-state index in [0.29, 0.717) is 23.2 Å². The molecule has 0 saturated carbocycles. The van der Waals surface area contributed by atoms with Crippen LogP contribution in [0, 0.1) is 0 Å². The first-order valence-corrected chi connectivity index (χ1v) is 7.72. The molecule has 0 fully saturated rings. The summed E-state index contributed by atoms with van der Waals surface area (Å²) in [5.41, 5.74) is 2.43. The van der Waals surface area contributed by atoms with E-state index < -0.39 is 5.97 Å². The van der Waals surface area contributed by atoms with Crippen LogP contribution in [-0.2, 0) is 0 Å². The van der Waals surface area contributed by atoms with Gasteiger partial charge in [-0.3, -0.25) is 0 Å². The van der Waals surface area contributed by atoms with Gasteiger partial charge in [-0.15, -0.1) is 0 Å². The predicted octanol–water partition coefficient (Wildman–Crippen LogP) is 4.50. The van der Waals surface area contributed by atoms with Crippen molar-refractivity contribution in [1.82, 2.24) is 4.98 Å². The molecule has 0 unspecified atom stereocenters. The summed E-state index contributed by atoms with van der Waals surface area (Å²) in [5, 5.41) is 10.1. The van der Waals surface area contributed by atoms with Crippen LogP contribution in [-0.4, -0.2) is 22.7 Å². The minimum Gasteiger partial charge on any atom is -0.493 e. The molecule has 24 heavy (non-hydrogen) atoms. The van der Waals surface area contributed by atoms with Gasteiger partial charge >= 0.3 is 5.97 Å². The second-order valence-electron chi connectivity index (χ2n) is 5.22. The molecule has 3 rings (SSSR count). The van der Waals surface area contributed by atoms with Crippen LogP contribution in [0.15, 0.2) is 54.6 Å². The largest absolute Gasteiger partial charge is 0.493 e. The zero-order valence-corrected chi connectivity index (χ0v) is 13.3. The fourth-order valence-corrected chi connectivity index (χ4v) is 2.54. The topological polar surface area (TPSA) is 59.4 Å². The van der Waals surface area contributed by atoms with Gasteiger partial charge in [0.05, 0.1) is 23.4 Å². The van der Waals surface area contributed by atoms with Gasteiger partial charge in [0.2, 0.25) is 0 Å². The Morgan fingerprint density at radius 2 is 1.88 bits per heavy atom. The van der Waals surface area contributed by atoms with Crippen molar-refractivity contribution in [3.8, 4) is 5.75 Å². The van der Waals surface area contributed by atoms with Gasteiger partial charge in [-0.25, -0.2) is 9.78 Å². The Hall–Kier alpha value is -3.14. The summed E-state index contributed by atoms with van der Waals surface area (Å²) in [6.07, 6.45) is 3.68. The zero-order valence-electron chi connectivity index (χ0n) is 13.3. The third-order valence-corrected chi connectivity index (χ3v) is 3.62. The second-order valence-corrected chi connectivity index (χ2v) is 5.22. The highest BCUT2D eigenvalue weighted by Crippen LogP contribution is 2.22. The Morgan fingerprint density at radius 3 is 2.67 bits per heavy atom. The number of carbonyl (C=O) groups is 1. The first-order chi connectivity index (χ1) is 11.7. The van der Waals surface area contributed by atoms with Crippen LogP contribution >= 0.6 is 0 Å². The molecule has 0 aliphatic rings. The van der Waals surface area contributed by atoms with Gasteiger partial charge in [-0.2, -0.15) is 0 Å². The molecule has 0 bridgehead atoms. The van der Waals surface area contributed by atoms with Gasteiger partial charge in [0.1, 0.15) is 5.75 Å². The monoisotopic (exact) mass is 319 g/mol. The molecule has 0 aliphatic carbocycles. The molecule has 0 spiro atoms. The predicted molar refractivity (Wildman–Crippen MR) is 95.2 cm³/mol. The average Bonchev–Trinajstić information content (AvgIpc) is 2.60. The van der Waals surface area contributed by atoms with Crippen LogP contribution in [0.2, 0.25) is 0 Å². The lowest BCUT2D eigenvalue weighted by atomic mass is 10.1. The molecule has 1 heterocycles. The van der Waals surface area contributed by atoms with Crippen molar-refractivity contribution in [3.05, 3.63) is 71.4 Å². The molecule has 2 aromatic carbocycles. The first kappa shape index (κ1) is 15.7. The molecular formula is C20H17NO3. The number of ether oxygens (including phenoxy) is 1. The number of carboxylic acids is 1. The van der Waals surface area contributed by atoms with Crippen molar-refractivity contribution in [1.29, 1.82) is 0 Å². The second kappa shape index (κ2) is 6.96. The van der Waals surface area contributed by atoms with Gasteiger partial charge in [-0.1, -0.05) is 36.4 Å². The Labute approximate surface area is 140 Å². The Balaban J connectivity index is 2.03. The third-order valence-electron chi connectivity index (χ3n) is 3.62. The van der Waals surface area contributed by atoms with Crippen molar-refractivity contribution >= 4 is 29.0 Å². The highest BCUT2D eigenvalue weighted by atomic mass is 16.5. The van der Waals surface area contributed by atoms with Crippen molar-refractivity contribution in [2.24, 2.45) is 0 Å². The standard InChI is InChI=1S/C20H17NO3/c1-2-24-19-10-6-3-7-14(19)11-12-15-13-17(20(22)23)16-8-4-5-9-18(16)21-15/h3-13H,2H2,1H3,(H,22,23). The summed E-state index contributed by atoms with van der Waals surface area (Å²) < 4.78 is 5.59. The summed E-state index contributed by atoms with van der Waals surface area (Å²) in [6.45, 7) is 2.52. The molecule has 0 atom stereocenters. The van der Waals surface area contributed by atoms with E-state index in [-0.39, 0.29) is 5.56 Å². The molecule has 1 N–H and O–H groups in total. The molecule has 0 saturated heterocycles. The number of hydrogen-bond acceptors (Lipinski definition) is 3. The van der Waals surface area contributed by atoms with Crippen LogP contribution in [0.4, 0.5) is 0 Å². The Morgan fingerprint density at radius 1 is 1.12 bits per heavy atom. The lowest BCUT2D eigenvalue weighted by Gasteiger charge is -2.07. The van der Waals surface area contributed by atoms with Crippen molar-refractivity contribution in [2.75, 3.05) is 6.61 Å². The number of para-hydroxylation sites is 2. The van der Waals surface area contributed by atoms with Crippen LogP contribution in [0.5, 0.6) is 5.75 Å². The van der Waals surface area contributed by atoms with E-state index in [4.69, 9.17) is 4.74 Å². The minimum absolute atomic E-state index is 0.248. The number of nitrogens with zero attached hydrogens (tertiary/aromatic N) is 1. The van der Waals surface area contributed by atoms with Crippen molar-refractivity contribution in [3.63, 3.8) is 0 Å². The highest BCUT2D eigenvalue weighted by molar-refractivity contribution is 6.03. The number of carboxylic acid groups (broad SMARTS) is 1. The van der Waals surface area contributed by atoms with E-state index in [9.17, 15) is 9.90 Å². The molecular weight excluding hydrogens is 302 g/mol. The summed E-state index contributed by atoms with van der Waals surface area (Å²) in [7, 11) is 0. The fourth-order valence-electron chi connectivity index (χ4n) is 2.54.